The third-order valence-electron chi connectivity index (χ3n) is 4.89. The maximum Gasteiger partial charge on any atom is 0.282 e. The van der Waals surface area contributed by atoms with E-state index in [0.29, 0.717) is 13.2 Å². The molecule has 25 heavy (non-hydrogen) atoms. The lowest BCUT2D eigenvalue weighted by molar-refractivity contribution is -0.900. The van der Waals surface area contributed by atoms with Crippen LogP contribution in [0.3, 0.4) is 0 Å². The molecule has 1 atom stereocenters. The topological polar surface area (TPSA) is 43.2 Å². The van der Waals surface area contributed by atoms with Crippen molar-refractivity contribution in [3.05, 3.63) is 60.2 Å². The minimum absolute atomic E-state index is 0.0935. The number of carbonyl (C=O) groups excluding carboxylic acids is 1. The van der Waals surface area contributed by atoms with Crippen LogP contribution in [0.2, 0.25) is 0 Å². The number of para-hydroxylation sites is 2. The Kier molecular flexibility index (Phi) is 4.68. The number of rotatable bonds is 3. The number of fused-ring (bicyclic) bond motifs is 1. The Balaban J connectivity index is 1.64. The molecule has 0 saturated carbocycles. The summed E-state index contributed by atoms with van der Waals surface area (Å²) in [5.41, 5.74) is 1.96. The molecule has 2 aliphatic heterocycles. The van der Waals surface area contributed by atoms with E-state index in [0.717, 1.165) is 43.3 Å². The van der Waals surface area contributed by atoms with Gasteiger partial charge in [0.25, 0.3) is 5.91 Å². The number of amides is 1. The summed E-state index contributed by atoms with van der Waals surface area (Å²) in [4.78, 5) is 16.4. The van der Waals surface area contributed by atoms with E-state index in [9.17, 15) is 4.79 Å². The van der Waals surface area contributed by atoms with Gasteiger partial charge in [0.1, 0.15) is 25.4 Å². The normalized spacial score (nSPS) is 20.6. The van der Waals surface area contributed by atoms with Gasteiger partial charge in [0.15, 0.2) is 6.54 Å². The Labute approximate surface area is 147 Å². The average molecular weight is 339 g/mol. The van der Waals surface area contributed by atoms with Crippen molar-refractivity contribution in [2.75, 3.05) is 44.4 Å². The van der Waals surface area contributed by atoms with Crippen molar-refractivity contribution in [1.29, 1.82) is 0 Å². The summed E-state index contributed by atoms with van der Waals surface area (Å²) < 4.78 is 11.3. The van der Waals surface area contributed by atoms with Crippen molar-refractivity contribution in [1.82, 2.24) is 0 Å². The predicted molar refractivity (Wildman–Crippen MR) is 95.0 cm³/mol. The van der Waals surface area contributed by atoms with Crippen LogP contribution in [0.25, 0.3) is 0 Å². The summed E-state index contributed by atoms with van der Waals surface area (Å²) in [6, 6.07) is 17.8. The molecule has 1 saturated heterocycles. The average Bonchev–Trinajstić information content (AvgIpc) is 2.68. The first-order chi connectivity index (χ1) is 12.3. The van der Waals surface area contributed by atoms with Gasteiger partial charge in [-0.1, -0.05) is 42.5 Å². The van der Waals surface area contributed by atoms with Crippen molar-refractivity contribution >= 4 is 11.6 Å². The van der Waals surface area contributed by atoms with Crippen molar-refractivity contribution < 1.29 is 19.2 Å². The second kappa shape index (κ2) is 7.25. The van der Waals surface area contributed by atoms with Gasteiger partial charge in [0.2, 0.25) is 0 Å². The van der Waals surface area contributed by atoms with Crippen molar-refractivity contribution in [2.45, 2.75) is 6.04 Å². The summed E-state index contributed by atoms with van der Waals surface area (Å²) in [5, 5.41) is 0. The van der Waals surface area contributed by atoms with Gasteiger partial charge in [-0.15, -0.1) is 0 Å². The molecule has 2 heterocycles. The van der Waals surface area contributed by atoms with E-state index >= 15 is 0 Å². The van der Waals surface area contributed by atoms with E-state index in [4.69, 9.17) is 9.47 Å². The van der Waals surface area contributed by atoms with Gasteiger partial charge in [0.05, 0.1) is 24.9 Å². The van der Waals surface area contributed by atoms with Crippen LogP contribution in [0, 0.1) is 0 Å². The summed E-state index contributed by atoms with van der Waals surface area (Å²) in [7, 11) is 0. The molecule has 2 aromatic carbocycles. The molecule has 4 rings (SSSR count). The number of benzene rings is 2. The molecule has 5 heteroatoms. The summed E-state index contributed by atoms with van der Waals surface area (Å²) in [5.74, 6) is 0.918. The number of hydrogen-bond acceptors (Lipinski definition) is 3. The number of morpholine rings is 1. The van der Waals surface area contributed by atoms with Crippen LogP contribution in [-0.4, -0.2) is 45.4 Å². The maximum absolute atomic E-state index is 13.2. The van der Waals surface area contributed by atoms with Crippen molar-refractivity contribution in [3.8, 4) is 5.75 Å². The summed E-state index contributed by atoms with van der Waals surface area (Å²) in [6.07, 6.45) is 0. The molecule has 1 N–H and O–H groups in total. The van der Waals surface area contributed by atoms with Crippen LogP contribution in [0.1, 0.15) is 11.6 Å². The molecule has 1 amide bonds. The number of hydrogen-bond donors (Lipinski definition) is 1. The van der Waals surface area contributed by atoms with E-state index in [2.05, 4.69) is 12.1 Å². The quantitative estimate of drug-likeness (QED) is 0.910. The molecule has 0 unspecified atom stereocenters. The van der Waals surface area contributed by atoms with Crippen LogP contribution < -0.4 is 14.5 Å². The standard InChI is InChI=1S/C20H22N2O3/c23-20(14-21-10-12-24-13-11-21)22-17-8-4-5-9-19(17)25-15-18(22)16-6-2-1-3-7-16/h1-9,18H,10-15H2/p+1/t18-/m1/s1. The highest BCUT2D eigenvalue weighted by Gasteiger charge is 2.35. The van der Waals surface area contributed by atoms with Gasteiger partial charge in [-0.05, 0) is 17.7 Å². The van der Waals surface area contributed by atoms with E-state index in [1.165, 1.54) is 4.90 Å². The fourth-order valence-corrected chi connectivity index (χ4v) is 3.55. The van der Waals surface area contributed by atoms with Crippen LogP contribution >= 0.6 is 0 Å². The fraction of sp³-hybridized carbons (Fsp3) is 0.350. The fourth-order valence-electron chi connectivity index (χ4n) is 3.55. The lowest BCUT2D eigenvalue weighted by Gasteiger charge is -2.38. The molecule has 0 aliphatic carbocycles. The molecule has 0 spiro atoms. The van der Waals surface area contributed by atoms with Gasteiger partial charge in [-0.3, -0.25) is 9.69 Å². The summed E-state index contributed by atoms with van der Waals surface area (Å²) >= 11 is 0. The Morgan fingerprint density at radius 1 is 1.04 bits per heavy atom. The first-order valence-electron chi connectivity index (χ1n) is 8.83. The Morgan fingerprint density at radius 2 is 1.76 bits per heavy atom. The SMILES string of the molecule is O=C(C[NH+]1CCOCC1)N1c2ccccc2OC[C@@H]1c1ccccc1. The molecule has 2 aromatic rings. The maximum atomic E-state index is 13.2. The van der Waals surface area contributed by atoms with Crippen LogP contribution in [0.5, 0.6) is 5.75 Å². The second-order valence-electron chi connectivity index (χ2n) is 6.51. The van der Waals surface area contributed by atoms with E-state index < -0.39 is 0 Å². The Bertz CT molecular complexity index is 729. The molecule has 0 radical (unpaired) electrons. The number of nitrogens with one attached hydrogen (secondary N) is 1. The zero-order valence-electron chi connectivity index (χ0n) is 14.2. The highest BCUT2D eigenvalue weighted by Crippen LogP contribution is 2.39. The van der Waals surface area contributed by atoms with Crippen LogP contribution in [0.4, 0.5) is 5.69 Å². The Morgan fingerprint density at radius 3 is 2.56 bits per heavy atom. The Hall–Kier alpha value is -2.37. The van der Waals surface area contributed by atoms with Gasteiger partial charge in [-0.25, -0.2) is 0 Å². The minimum atomic E-state index is -0.0935. The van der Waals surface area contributed by atoms with Crippen LogP contribution in [0.15, 0.2) is 54.6 Å². The largest absolute Gasteiger partial charge is 0.489 e. The monoisotopic (exact) mass is 339 g/mol. The molecule has 2 aliphatic rings. The molecule has 5 nitrogen and oxygen atoms in total. The highest BCUT2D eigenvalue weighted by molar-refractivity contribution is 5.96. The molecule has 0 aromatic heterocycles. The lowest BCUT2D eigenvalue weighted by Crippen LogP contribution is -3.15. The molecule has 1 fully saturated rings. The third kappa shape index (κ3) is 3.38. The number of quaternary nitrogens is 1. The zero-order chi connectivity index (χ0) is 17.1. The minimum Gasteiger partial charge on any atom is -0.489 e. The van der Waals surface area contributed by atoms with Crippen molar-refractivity contribution in [2.24, 2.45) is 0 Å². The first kappa shape index (κ1) is 16.1. The molecular formula is C20H23N2O3+. The molecule has 0 bridgehead atoms. The smallest absolute Gasteiger partial charge is 0.282 e. The molecule has 130 valence electrons. The predicted octanol–water partition coefficient (Wildman–Crippen LogP) is 1.07. The molecular weight excluding hydrogens is 316 g/mol. The number of ether oxygens (including phenoxy) is 2. The first-order valence-corrected chi connectivity index (χ1v) is 8.83. The number of nitrogens with zero attached hydrogens (tertiary/aromatic N) is 1. The zero-order valence-corrected chi connectivity index (χ0v) is 14.2. The van der Waals surface area contributed by atoms with Gasteiger partial charge in [-0.2, -0.15) is 0 Å². The van der Waals surface area contributed by atoms with Crippen molar-refractivity contribution in [3.63, 3.8) is 0 Å². The second-order valence-corrected chi connectivity index (χ2v) is 6.51. The highest BCUT2D eigenvalue weighted by atomic mass is 16.5. The van der Waals surface area contributed by atoms with E-state index in [-0.39, 0.29) is 11.9 Å². The number of anilines is 1. The van der Waals surface area contributed by atoms with Gasteiger partial charge < -0.3 is 14.4 Å². The third-order valence-corrected chi connectivity index (χ3v) is 4.89. The van der Waals surface area contributed by atoms with E-state index in [1.807, 2.05) is 47.4 Å². The lowest BCUT2D eigenvalue weighted by atomic mass is 10.0. The van der Waals surface area contributed by atoms with Gasteiger partial charge >= 0.3 is 0 Å². The van der Waals surface area contributed by atoms with E-state index in [1.54, 1.807) is 0 Å². The summed E-state index contributed by atoms with van der Waals surface area (Å²) in [6.45, 7) is 4.18. The number of carbonyl (C=O) groups is 1. The van der Waals surface area contributed by atoms with Crippen LogP contribution in [-0.2, 0) is 9.53 Å². The van der Waals surface area contributed by atoms with Gasteiger partial charge in [0, 0.05) is 0 Å².